The van der Waals surface area contributed by atoms with Gasteiger partial charge in [-0.25, -0.2) is 4.39 Å². The number of methoxy groups -OCH3 is 1. The predicted molar refractivity (Wildman–Crippen MR) is 52.6 cm³/mol. The molecule has 4 heteroatoms. The Morgan fingerprint density at radius 1 is 1.50 bits per heavy atom. The number of hydrogen-bond acceptors (Lipinski definition) is 3. The summed E-state index contributed by atoms with van der Waals surface area (Å²) in [7, 11) is 3.25. The quantitative estimate of drug-likeness (QED) is 0.732. The van der Waals surface area contributed by atoms with Crippen molar-refractivity contribution in [3.8, 4) is 0 Å². The van der Waals surface area contributed by atoms with Gasteiger partial charge in [0.2, 0.25) is 0 Å². The summed E-state index contributed by atoms with van der Waals surface area (Å²) in [6.45, 7) is 0.158. The number of rotatable bonds is 2. The van der Waals surface area contributed by atoms with Crippen LogP contribution in [0, 0.1) is 5.82 Å². The van der Waals surface area contributed by atoms with E-state index in [2.05, 4.69) is 4.74 Å². The van der Waals surface area contributed by atoms with Crippen molar-refractivity contribution in [2.45, 2.75) is 6.54 Å². The van der Waals surface area contributed by atoms with E-state index in [1.807, 2.05) is 0 Å². The zero-order valence-electron chi connectivity index (χ0n) is 8.29. The standard InChI is InChI=1S/C8H8FNO.C2H6O/c9-8-3-6(5-11)1-2-7(8)4-10;1-3-2/h1-3,5H,4,10H2;1-2H3. The van der Waals surface area contributed by atoms with Crippen LogP contribution >= 0.6 is 0 Å². The van der Waals surface area contributed by atoms with Crippen molar-refractivity contribution in [1.82, 2.24) is 0 Å². The molecule has 3 nitrogen and oxygen atoms in total. The van der Waals surface area contributed by atoms with Gasteiger partial charge >= 0.3 is 0 Å². The van der Waals surface area contributed by atoms with Gasteiger partial charge in [-0.05, 0) is 6.07 Å². The van der Waals surface area contributed by atoms with Gasteiger partial charge in [0.25, 0.3) is 0 Å². The molecule has 0 aromatic heterocycles. The van der Waals surface area contributed by atoms with Crippen LogP contribution in [0.4, 0.5) is 4.39 Å². The Hall–Kier alpha value is -1.26. The maximum Gasteiger partial charge on any atom is 0.150 e. The largest absolute Gasteiger partial charge is 0.388 e. The summed E-state index contributed by atoms with van der Waals surface area (Å²) in [6, 6.07) is 4.23. The van der Waals surface area contributed by atoms with E-state index in [1.165, 1.54) is 18.2 Å². The van der Waals surface area contributed by atoms with E-state index in [0.29, 0.717) is 17.4 Å². The lowest BCUT2D eigenvalue weighted by atomic mass is 10.1. The Bertz CT molecular complexity index is 289. The van der Waals surface area contributed by atoms with Crippen LogP contribution in [-0.2, 0) is 11.3 Å². The van der Waals surface area contributed by atoms with Crippen LogP contribution in [0.3, 0.4) is 0 Å². The van der Waals surface area contributed by atoms with Gasteiger partial charge in [-0.2, -0.15) is 0 Å². The molecule has 0 aliphatic rings. The van der Waals surface area contributed by atoms with Gasteiger partial charge in [0.05, 0.1) is 0 Å². The molecule has 1 aromatic carbocycles. The second kappa shape index (κ2) is 7.17. The highest BCUT2D eigenvalue weighted by molar-refractivity contribution is 5.74. The Kier molecular flexibility index (Phi) is 6.53. The maximum atomic E-state index is 12.8. The number of benzene rings is 1. The number of nitrogens with two attached hydrogens (primary N) is 1. The maximum absolute atomic E-state index is 12.8. The molecule has 0 saturated heterocycles. The van der Waals surface area contributed by atoms with E-state index in [1.54, 1.807) is 14.2 Å². The average Bonchev–Trinajstić information content (AvgIpc) is 2.19. The number of ether oxygens (including phenoxy) is 1. The lowest BCUT2D eigenvalue weighted by Gasteiger charge is -1.98. The van der Waals surface area contributed by atoms with E-state index >= 15 is 0 Å². The molecule has 0 heterocycles. The van der Waals surface area contributed by atoms with E-state index in [0.717, 1.165) is 0 Å². The minimum absolute atomic E-state index is 0.158. The van der Waals surface area contributed by atoms with Gasteiger partial charge < -0.3 is 10.5 Å². The average molecular weight is 199 g/mol. The number of halogens is 1. The molecule has 0 saturated carbocycles. The van der Waals surface area contributed by atoms with Crippen molar-refractivity contribution in [1.29, 1.82) is 0 Å². The molecular formula is C10H14FNO2. The van der Waals surface area contributed by atoms with Crippen LogP contribution in [0.1, 0.15) is 15.9 Å². The van der Waals surface area contributed by atoms with Gasteiger partial charge in [0.15, 0.2) is 0 Å². The summed E-state index contributed by atoms with van der Waals surface area (Å²) < 4.78 is 17.0. The monoisotopic (exact) mass is 199 g/mol. The predicted octanol–water partition coefficient (Wildman–Crippen LogP) is 1.36. The highest BCUT2D eigenvalue weighted by Crippen LogP contribution is 2.07. The SMILES string of the molecule is COC.NCc1ccc(C=O)cc1F. The fourth-order valence-corrected chi connectivity index (χ4v) is 0.802. The van der Waals surface area contributed by atoms with Gasteiger partial charge in [0.1, 0.15) is 12.1 Å². The van der Waals surface area contributed by atoms with Crippen molar-refractivity contribution < 1.29 is 13.9 Å². The fraction of sp³-hybridized carbons (Fsp3) is 0.300. The summed E-state index contributed by atoms with van der Waals surface area (Å²) in [6.07, 6.45) is 0.601. The molecule has 0 bridgehead atoms. The van der Waals surface area contributed by atoms with Crippen molar-refractivity contribution in [2.75, 3.05) is 14.2 Å². The molecule has 1 rings (SSSR count). The minimum atomic E-state index is -0.419. The third kappa shape index (κ3) is 4.11. The van der Waals surface area contributed by atoms with E-state index in [-0.39, 0.29) is 6.54 Å². The van der Waals surface area contributed by atoms with E-state index in [4.69, 9.17) is 5.73 Å². The Balaban J connectivity index is 0.000000500. The number of carbonyl (C=O) groups is 1. The highest BCUT2D eigenvalue weighted by Gasteiger charge is 1.99. The highest BCUT2D eigenvalue weighted by atomic mass is 19.1. The van der Waals surface area contributed by atoms with Crippen molar-refractivity contribution >= 4 is 6.29 Å². The van der Waals surface area contributed by atoms with Crippen LogP contribution < -0.4 is 5.73 Å². The third-order valence-electron chi connectivity index (χ3n) is 1.43. The van der Waals surface area contributed by atoms with Gasteiger partial charge in [-0.15, -0.1) is 0 Å². The Labute approximate surface area is 82.7 Å². The minimum Gasteiger partial charge on any atom is -0.388 e. The molecule has 2 N–H and O–H groups in total. The summed E-state index contributed by atoms with van der Waals surface area (Å²) in [4.78, 5) is 10.2. The van der Waals surface area contributed by atoms with Crippen molar-refractivity contribution in [3.05, 3.63) is 35.1 Å². The Morgan fingerprint density at radius 2 is 2.07 bits per heavy atom. The molecule has 14 heavy (non-hydrogen) atoms. The van der Waals surface area contributed by atoms with E-state index in [9.17, 15) is 9.18 Å². The van der Waals surface area contributed by atoms with Crippen LogP contribution in [0.2, 0.25) is 0 Å². The molecule has 1 aromatic rings. The summed E-state index contributed by atoms with van der Waals surface area (Å²) >= 11 is 0. The topological polar surface area (TPSA) is 52.3 Å². The molecule has 0 aliphatic carbocycles. The van der Waals surface area contributed by atoms with Crippen LogP contribution in [-0.4, -0.2) is 20.5 Å². The zero-order chi connectivity index (χ0) is 11.0. The Morgan fingerprint density at radius 3 is 2.43 bits per heavy atom. The van der Waals surface area contributed by atoms with Gasteiger partial charge in [0, 0.05) is 31.9 Å². The van der Waals surface area contributed by atoms with Crippen LogP contribution in [0.15, 0.2) is 18.2 Å². The molecule has 0 spiro atoms. The number of hydrogen-bond donors (Lipinski definition) is 1. The van der Waals surface area contributed by atoms with Crippen molar-refractivity contribution in [3.63, 3.8) is 0 Å². The first-order valence-corrected chi connectivity index (χ1v) is 4.03. The first-order valence-electron chi connectivity index (χ1n) is 4.03. The summed E-state index contributed by atoms with van der Waals surface area (Å²) in [5, 5.41) is 0. The zero-order valence-corrected chi connectivity index (χ0v) is 8.29. The summed E-state index contributed by atoms with van der Waals surface area (Å²) in [5.74, 6) is -0.419. The van der Waals surface area contributed by atoms with Crippen molar-refractivity contribution in [2.24, 2.45) is 5.73 Å². The molecule has 0 amide bonds. The molecule has 0 unspecified atom stereocenters. The number of carbonyl (C=O) groups excluding carboxylic acids is 1. The fourth-order valence-electron chi connectivity index (χ4n) is 0.802. The van der Waals surface area contributed by atoms with E-state index < -0.39 is 5.82 Å². The normalized spacial score (nSPS) is 8.86. The molecule has 78 valence electrons. The lowest BCUT2D eigenvalue weighted by molar-refractivity contribution is 0.112. The number of aldehydes is 1. The third-order valence-corrected chi connectivity index (χ3v) is 1.43. The van der Waals surface area contributed by atoms with Gasteiger partial charge in [-0.1, -0.05) is 12.1 Å². The first kappa shape index (κ1) is 12.7. The first-order chi connectivity index (χ1) is 6.69. The van der Waals surface area contributed by atoms with Crippen LogP contribution in [0.5, 0.6) is 0 Å². The second-order valence-corrected chi connectivity index (χ2v) is 2.58. The second-order valence-electron chi connectivity index (χ2n) is 2.58. The molecule has 0 aliphatic heterocycles. The molecule has 0 atom stereocenters. The molecule has 0 radical (unpaired) electrons. The molecule has 0 fully saturated rings. The van der Waals surface area contributed by atoms with Gasteiger partial charge in [-0.3, -0.25) is 4.79 Å². The smallest absolute Gasteiger partial charge is 0.150 e. The van der Waals surface area contributed by atoms with Crippen LogP contribution in [0.25, 0.3) is 0 Å². The summed E-state index contributed by atoms with van der Waals surface area (Å²) in [5.41, 5.74) is 5.97. The molecular weight excluding hydrogens is 185 g/mol. The lowest BCUT2D eigenvalue weighted by Crippen LogP contribution is -1.99.